The van der Waals surface area contributed by atoms with Crippen LogP contribution in [-0.4, -0.2) is 22.4 Å². The van der Waals surface area contributed by atoms with Crippen molar-refractivity contribution in [1.82, 2.24) is 15.3 Å². The van der Waals surface area contributed by atoms with Crippen LogP contribution >= 0.6 is 0 Å². The fraction of sp³-hybridized carbons (Fsp3) is 0.227. The normalized spacial score (nSPS) is 12.1. The predicted octanol–water partition coefficient (Wildman–Crippen LogP) is 3.55. The van der Waals surface area contributed by atoms with E-state index in [9.17, 15) is 4.79 Å². The molecule has 1 amide bonds. The number of amides is 1. The summed E-state index contributed by atoms with van der Waals surface area (Å²) < 4.78 is 6.14. The van der Waals surface area contributed by atoms with Crippen LogP contribution in [0.4, 0.5) is 5.95 Å². The van der Waals surface area contributed by atoms with Crippen molar-refractivity contribution in [2.24, 2.45) is 0 Å². The lowest BCUT2D eigenvalue weighted by Gasteiger charge is -2.15. The first-order valence-electron chi connectivity index (χ1n) is 9.29. The largest absolute Gasteiger partial charge is 0.438 e. The summed E-state index contributed by atoms with van der Waals surface area (Å²) in [6.07, 6.45) is 3.59. The first-order valence-corrected chi connectivity index (χ1v) is 9.29. The topological polar surface area (TPSA) is 124 Å². The maximum absolute atomic E-state index is 12.2. The van der Waals surface area contributed by atoms with Crippen molar-refractivity contribution in [2.45, 2.75) is 26.8 Å². The van der Waals surface area contributed by atoms with Crippen LogP contribution in [0.3, 0.4) is 0 Å². The summed E-state index contributed by atoms with van der Waals surface area (Å²) in [6.45, 7) is 8.15. The van der Waals surface area contributed by atoms with E-state index in [0.717, 1.165) is 16.7 Å². The molecular weight excluding hydrogens is 380 g/mol. The Morgan fingerprint density at radius 3 is 2.73 bits per heavy atom. The van der Waals surface area contributed by atoms with Gasteiger partial charge in [-0.1, -0.05) is 6.58 Å². The number of aromatic nitrogens is 2. The van der Waals surface area contributed by atoms with Gasteiger partial charge in [0.2, 0.25) is 11.8 Å². The van der Waals surface area contributed by atoms with Crippen molar-refractivity contribution in [3.63, 3.8) is 0 Å². The molecular formula is C22H20N6O2. The zero-order chi connectivity index (χ0) is 21.7. The van der Waals surface area contributed by atoms with Gasteiger partial charge in [-0.2, -0.15) is 15.5 Å². The molecule has 30 heavy (non-hydrogen) atoms. The highest BCUT2D eigenvalue weighted by Gasteiger charge is 2.27. The third-order valence-corrected chi connectivity index (χ3v) is 4.51. The van der Waals surface area contributed by atoms with E-state index in [1.54, 1.807) is 6.08 Å². The third-order valence-electron chi connectivity index (χ3n) is 4.51. The second-order valence-electron chi connectivity index (χ2n) is 6.80. The molecule has 2 N–H and O–H groups in total. The standard InChI is InChI=1S/C22H20N6O2/c1-13(11-24)6-8-25-22-27-18-17(12-26-20(18)29)21(28-22)30-19-14(2)9-16(5-4-7-23)10-15(19)3/h4-5,9-10H,1,6,8,12H2,2-3H3,(H,26,29)(H,25,27,28)/b5-4+. The highest BCUT2D eigenvalue weighted by atomic mass is 16.5. The number of allylic oxidation sites excluding steroid dienone is 1. The number of rotatable bonds is 7. The fourth-order valence-corrected chi connectivity index (χ4v) is 3.08. The number of fused-ring (bicyclic) bond motifs is 1. The molecule has 3 rings (SSSR count). The number of nitriles is 2. The van der Waals surface area contributed by atoms with Gasteiger partial charge in [0.25, 0.3) is 5.91 Å². The molecule has 1 aliphatic heterocycles. The Hall–Kier alpha value is -4.17. The Balaban J connectivity index is 1.92. The molecule has 0 radical (unpaired) electrons. The lowest BCUT2D eigenvalue weighted by atomic mass is 10.1. The van der Waals surface area contributed by atoms with Crippen LogP contribution in [-0.2, 0) is 6.54 Å². The van der Waals surface area contributed by atoms with Gasteiger partial charge in [0.1, 0.15) is 11.4 Å². The molecule has 2 aromatic rings. The highest BCUT2D eigenvalue weighted by Crippen LogP contribution is 2.33. The minimum atomic E-state index is -0.285. The smallest absolute Gasteiger partial charge is 0.270 e. The van der Waals surface area contributed by atoms with Gasteiger partial charge >= 0.3 is 0 Å². The number of carbonyl (C=O) groups is 1. The lowest BCUT2D eigenvalue weighted by molar-refractivity contribution is 0.0961. The molecule has 0 saturated carbocycles. The van der Waals surface area contributed by atoms with E-state index < -0.39 is 0 Å². The lowest BCUT2D eigenvalue weighted by Crippen LogP contribution is -2.14. The summed E-state index contributed by atoms with van der Waals surface area (Å²) in [5.74, 6) is 0.891. The Labute approximate surface area is 174 Å². The summed E-state index contributed by atoms with van der Waals surface area (Å²) in [5, 5.41) is 23.3. The summed E-state index contributed by atoms with van der Waals surface area (Å²) in [6, 6.07) is 7.79. The van der Waals surface area contributed by atoms with E-state index in [1.165, 1.54) is 6.08 Å². The number of carbonyl (C=O) groups excluding carboxylic acids is 1. The molecule has 0 unspecified atom stereocenters. The van der Waals surface area contributed by atoms with Gasteiger partial charge in [0.05, 0.1) is 24.2 Å². The van der Waals surface area contributed by atoms with Crippen molar-refractivity contribution in [1.29, 1.82) is 10.5 Å². The molecule has 1 aliphatic rings. The van der Waals surface area contributed by atoms with Crippen molar-refractivity contribution >= 4 is 17.9 Å². The summed E-state index contributed by atoms with van der Waals surface area (Å²) in [4.78, 5) is 20.9. The maximum atomic E-state index is 12.2. The maximum Gasteiger partial charge on any atom is 0.270 e. The Morgan fingerprint density at radius 2 is 2.07 bits per heavy atom. The number of hydrogen-bond donors (Lipinski definition) is 2. The number of aryl methyl sites for hydroxylation is 2. The number of nitrogens with zero attached hydrogens (tertiary/aromatic N) is 4. The van der Waals surface area contributed by atoms with Crippen molar-refractivity contribution in [2.75, 3.05) is 11.9 Å². The molecule has 0 fully saturated rings. The molecule has 0 atom stereocenters. The van der Waals surface area contributed by atoms with Gasteiger partial charge in [-0.15, -0.1) is 0 Å². The van der Waals surface area contributed by atoms with Gasteiger partial charge in [-0.05, 0) is 55.2 Å². The van der Waals surface area contributed by atoms with Crippen LogP contribution in [0.2, 0.25) is 0 Å². The van der Waals surface area contributed by atoms with Crippen molar-refractivity contribution in [3.05, 3.63) is 58.3 Å². The summed E-state index contributed by atoms with van der Waals surface area (Å²) in [5.41, 5.74) is 3.94. The fourth-order valence-electron chi connectivity index (χ4n) is 3.08. The Kier molecular flexibility index (Phi) is 6.09. The highest BCUT2D eigenvalue weighted by molar-refractivity contribution is 5.97. The van der Waals surface area contributed by atoms with E-state index in [1.807, 2.05) is 38.1 Å². The summed E-state index contributed by atoms with van der Waals surface area (Å²) in [7, 11) is 0. The quantitative estimate of drug-likeness (QED) is 0.681. The van der Waals surface area contributed by atoms with Gasteiger partial charge < -0.3 is 15.4 Å². The van der Waals surface area contributed by atoms with Crippen LogP contribution in [0.15, 0.2) is 30.4 Å². The number of hydrogen-bond acceptors (Lipinski definition) is 7. The number of ether oxygens (including phenoxy) is 1. The minimum absolute atomic E-state index is 0.246. The molecule has 0 spiro atoms. The van der Waals surface area contributed by atoms with Crippen LogP contribution in [0.25, 0.3) is 6.08 Å². The van der Waals surface area contributed by atoms with E-state index in [-0.39, 0.29) is 24.1 Å². The second-order valence-corrected chi connectivity index (χ2v) is 6.80. The predicted molar refractivity (Wildman–Crippen MR) is 112 cm³/mol. The monoisotopic (exact) mass is 400 g/mol. The molecule has 0 aliphatic carbocycles. The third kappa shape index (κ3) is 4.45. The molecule has 1 aromatic carbocycles. The van der Waals surface area contributed by atoms with Crippen LogP contribution < -0.4 is 15.4 Å². The van der Waals surface area contributed by atoms with E-state index in [4.69, 9.17) is 15.3 Å². The zero-order valence-electron chi connectivity index (χ0n) is 16.7. The first-order chi connectivity index (χ1) is 14.4. The van der Waals surface area contributed by atoms with Gasteiger partial charge in [0, 0.05) is 18.2 Å². The average molecular weight is 400 g/mol. The first kappa shape index (κ1) is 20.6. The van der Waals surface area contributed by atoms with E-state index in [0.29, 0.717) is 35.7 Å². The molecule has 0 saturated heterocycles. The Bertz CT molecular complexity index is 1110. The van der Waals surface area contributed by atoms with E-state index in [2.05, 4.69) is 27.2 Å². The van der Waals surface area contributed by atoms with E-state index >= 15 is 0 Å². The molecule has 0 bridgehead atoms. The number of benzene rings is 1. The molecule has 8 heteroatoms. The molecule has 8 nitrogen and oxygen atoms in total. The van der Waals surface area contributed by atoms with Gasteiger partial charge in [-0.3, -0.25) is 4.79 Å². The van der Waals surface area contributed by atoms with Crippen molar-refractivity contribution in [3.8, 4) is 23.8 Å². The SMILES string of the molecule is C=C(C#N)CCNc1nc(Oc2c(C)cc(/C=C/C#N)cc2C)c2c(n1)C(=O)NC2. The number of anilines is 1. The second kappa shape index (κ2) is 8.89. The molecule has 2 heterocycles. The van der Waals surface area contributed by atoms with Crippen LogP contribution in [0.5, 0.6) is 11.6 Å². The number of nitrogens with one attached hydrogen (secondary N) is 2. The zero-order valence-corrected chi connectivity index (χ0v) is 16.7. The van der Waals surface area contributed by atoms with Gasteiger partial charge in [0.15, 0.2) is 0 Å². The molecule has 150 valence electrons. The average Bonchev–Trinajstić information content (AvgIpc) is 3.10. The van der Waals surface area contributed by atoms with Gasteiger partial charge in [-0.25, -0.2) is 4.98 Å². The minimum Gasteiger partial charge on any atom is -0.438 e. The summed E-state index contributed by atoms with van der Waals surface area (Å²) >= 11 is 0. The Morgan fingerprint density at radius 1 is 1.33 bits per heavy atom. The molecule has 1 aromatic heterocycles. The van der Waals surface area contributed by atoms with Crippen molar-refractivity contribution < 1.29 is 9.53 Å². The van der Waals surface area contributed by atoms with Crippen LogP contribution in [0, 0.1) is 36.5 Å². The van der Waals surface area contributed by atoms with Crippen LogP contribution in [0.1, 0.15) is 39.2 Å².